The summed E-state index contributed by atoms with van der Waals surface area (Å²) in [5, 5.41) is 21.2. The third-order valence-corrected chi connectivity index (χ3v) is 6.71. The van der Waals surface area contributed by atoms with Gasteiger partial charge in [0.1, 0.15) is 5.82 Å². The molecule has 0 unspecified atom stereocenters. The predicted molar refractivity (Wildman–Crippen MR) is 133 cm³/mol. The topological polar surface area (TPSA) is 85.1 Å². The number of nitrogens with one attached hydrogen (secondary N) is 3. The number of hydrogen-bond acceptors (Lipinski definition) is 6. The molecule has 2 heterocycles. The van der Waals surface area contributed by atoms with Crippen molar-refractivity contribution in [1.29, 1.82) is 10.8 Å². The molecule has 4 rings (SSSR count). The summed E-state index contributed by atoms with van der Waals surface area (Å²) < 4.78 is 5.94. The van der Waals surface area contributed by atoms with Gasteiger partial charge < -0.3 is 25.8 Å². The Morgan fingerprint density at radius 2 is 1.91 bits per heavy atom. The Balaban J connectivity index is 1.59. The molecule has 170 valence electrons. The quantitative estimate of drug-likeness (QED) is 0.552. The van der Waals surface area contributed by atoms with Crippen LogP contribution in [0.25, 0.3) is 10.9 Å². The van der Waals surface area contributed by atoms with Crippen molar-refractivity contribution < 1.29 is 4.74 Å². The van der Waals surface area contributed by atoms with Crippen LogP contribution in [0.3, 0.4) is 0 Å². The second-order valence-electron chi connectivity index (χ2n) is 9.10. The van der Waals surface area contributed by atoms with Crippen molar-refractivity contribution in [2.24, 2.45) is 0 Å². The van der Waals surface area contributed by atoms with Gasteiger partial charge in [-0.15, -0.1) is 0 Å². The molecule has 1 aromatic carbocycles. The highest BCUT2D eigenvalue weighted by molar-refractivity contribution is 6.13. The van der Waals surface area contributed by atoms with E-state index in [9.17, 15) is 0 Å². The van der Waals surface area contributed by atoms with Crippen molar-refractivity contribution >= 4 is 28.1 Å². The van der Waals surface area contributed by atoms with E-state index in [2.05, 4.69) is 16.3 Å². The van der Waals surface area contributed by atoms with Gasteiger partial charge in [-0.2, -0.15) is 0 Å². The first-order chi connectivity index (χ1) is 15.5. The summed E-state index contributed by atoms with van der Waals surface area (Å²) in [6, 6.07) is 11.1. The second-order valence-corrected chi connectivity index (χ2v) is 9.10. The largest absolute Gasteiger partial charge is 0.378 e. The van der Waals surface area contributed by atoms with Crippen LogP contribution in [0.5, 0.6) is 0 Å². The van der Waals surface area contributed by atoms with Crippen LogP contribution >= 0.6 is 0 Å². The van der Waals surface area contributed by atoms with Crippen molar-refractivity contribution in [3.8, 4) is 0 Å². The van der Waals surface area contributed by atoms with Crippen LogP contribution in [0.4, 0.5) is 5.82 Å². The van der Waals surface area contributed by atoms with E-state index in [4.69, 9.17) is 20.5 Å². The molecule has 6 heteroatoms. The molecular weight excluding hydrogens is 398 g/mol. The van der Waals surface area contributed by atoms with Crippen LogP contribution < -0.4 is 10.2 Å². The number of methoxy groups -OCH3 is 1. The molecule has 2 aliphatic rings. The minimum atomic E-state index is 0.0837. The summed E-state index contributed by atoms with van der Waals surface area (Å²) in [5.41, 5.74) is 2.54. The molecule has 1 saturated carbocycles. The Morgan fingerprint density at radius 1 is 1.12 bits per heavy atom. The molecule has 0 radical (unpaired) electrons. The summed E-state index contributed by atoms with van der Waals surface area (Å²) in [6.07, 6.45) is 11.0. The van der Waals surface area contributed by atoms with Crippen molar-refractivity contribution in [1.82, 2.24) is 10.3 Å². The molecule has 3 N–H and O–H groups in total. The molecule has 1 saturated heterocycles. The zero-order chi connectivity index (χ0) is 22.5. The summed E-state index contributed by atoms with van der Waals surface area (Å²) >= 11 is 0. The SMILES string of the molecule is CO[C@H]1CN(c2nc3ccccc3cc2C(=N)/C=C\C(C)=N)CC[C@H]1NC1CCCCC1. The first kappa shape index (κ1) is 22.6. The second kappa shape index (κ2) is 10.4. The Bertz CT molecular complexity index is 995. The molecule has 6 nitrogen and oxygen atoms in total. The average Bonchev–Trinajstić information content (AvgIpc) is 2.82. The molecule has 1 aliphatic carbocycles. The molecule has 2 fully saturated rings. The third kappa shape index (κ3) is 5.25. The van der Waals surface area contributed by atoms with E-state index >= 15 is 0 Å². The Hall–Kier alpha value is -2.57. The minimum absolute atomic E-state index is 0.0837. The number of para-hydroxylation sites is 1. The zero-order valence-electron chi connectivity index (χ0n) is 19.2. The van der Waals surface area contributed by atoms with Crippen LogP contribution in [-0.4, -0.2) is 54.8 Å². The minimum Gasteiger partial charge on any atom is -0.378 e. The maximum Gasteiger partial charge on any atom is 0.138 e. The highest BCUT2D eigenvalue weighted by Crippen LogP contribution is 2.28. The molecule has 0 bridgehead atoms. The van der Waals surface area contributed by atoms with E-state index in [0.29, 0.717) is 23.5 Å². The number of rotatable bonds is 7. The number of hydrogen-bond donors (Lipinski definition) is 3. The van der Waals surface area contributed by atoms with Crippen LogP contribution in [0.1, 0.15) is 51.0 Å². The fourth-order valence-electron chi connectivity index (χ4n) is 4.95. The van der Waals surface area contributed by atoms with Crippen molar-refractivity contribution in [3.05, 3.63) is 48.0 Å². The Kier molecular flexibility index (Phi) is 7.33. The van der Waals surface area contributed by atoms with E-state index in [1.54, 1.807) is 26.2 Å². The average molecular weight is 434 g/mol. The number of ether oxygens (including phenoxy) is 1. The number of fused-ring (bicyclic) bond motifs is 1. The van der Waals surface area contributed by atoms with Gasteiger partial charge in [0.15, 0.2) is 0 Å². The van der Waals surface area contributed by atoms with Gasteiger partial charge in [-0.25, -0.2) is 4.98 Å². The Labute approximate surface area is 191 Å². The van der Waals surface area contributed by atoms with E-state index in [1.807, 2.05) is 24.3 Å². The number of anilines is 1. The third-order valence-electron chi connectivity index (χ3n) is 6.71. The van der Waals surface area contributed by atoms with Crippen LogP contribution in [0.2, 0.25) is 0 Å². The number of piperidine rings is 1. The molecule has 0 spiro atoms. The fourth-order valence-corrected chi connectivity index (χ4v) is 4.95. The van der Waals surface area contributed by atoms with E-state index in [0.717, 1.165) is 41.8 Å². The normalized spacial score (nSPS) is 22.5. The maximum atomic E-state index is 8.67. The van der Waals surface area contributed by atoms with Crippen LogP contribution in [-0.2, 0) is 4.74 Å². The zero-order valence-corrected chi connectivity index (χ0v) is 19.2. The van der Waals surface area contributed by atoms with E-state index in [1.165, 1.54) is 32.1 Å². The monoisotopic (exact) mass is 433 g/mol. The molecule has 32 heavy (non-hydrogen) atoms. The van der Waals surface area contributed by atoms with Crippen molar-refractivity contribution in [2.45, 2.75) is 63.6 Å². The van der Waals surface area contributed by atoms with Gasteiger partial charge in [0.2, 0.25) is 0 Å². The summed E-state index contributed by atoms with van der Waals surface area (Å²) in [5.74, 6) is 0.833. The van der Waals surface area contributed by atoms with Gasteiger partial charge in [-0.05, 0) is 50.5 Å². The molecule has 0 amide bonds. The standard InChI is InChI=1S/C26H35N5O/c1-18(27)12-13-22(28)21-16-19-8-6-7-11-23(19)30-26(21)31-15-14-24(25(17-31)32-2)29-20-9-4-3-5-10-20/h6-8,11-13,16,20,24-25,27-29H,3-5,9-10,14-15,17H2,1-2H3/b13-12-,27-18?,28-22?/t24-,25+/m1/s1. The number of nitrogens with zero attached hydrogens (tertiary/aromatic N) is 2. The highest BCUT2D eigenvalue weighted by atomic mass is 16.5. The lowest BCUT2D eigenvalue weighted by Gasteiger charge is -2.41. The van der Waals surface area contributed by atoms with Gasteiger partial charge in [0.05, 0.1) is 17.3 Å². The maximum absolute atomic E-state index is 8.67. The molecule has 1 aromatic heterocycles. The summed E-state index contributed by atoms with van der Waals surface area (Å²) in [7, 11) is 1.80. The fraction of sp³-hybridized carbons (Fsp3) is 0.500. The number of benzene rings is 1. The lowest BCUT2D eigenvalue weighted by Crippen LogP contribution is -2.56. The van der Waals surface area contributed by atoms with Gasteiger partial charge in [0, 0.05) is 48.9 Å². The smallest absolute Gasteiger partial charge is 0.138 e. The van der Waals surface area contributed by atoms with Crippen LogP contribution in [0.15, 0.2) is 42.5 Å². The lowest BCUT2D eigenvalue weighted by molar-refractivity contribution is 0.0534. The van der Waals surface area contributed by atoms with E-state index in [-0.39, 0.29) is 6.10 Å². The number of aromatic nitrogens is 1. The number of pyridine rings is 1. The molecular formula is C26H35N5O. The van der Waals surface area contributed by atoms with Crippen LogP contribution in [0, 0.1) is 10.8 Å². The number of allylic oxidation sites excluding steroid dienone is 2. The molecule has 1 aliphatic heterocycles. The molecule has 2 atom stereocenters. The highest BCUT2D eigenvalue weighted by Gasteiger charge is 2.32. The molecule has 2 aromatic rings. The first-order valence-electron chi connectivity index (χ1n) is 11.8. The lowest BCUT2D eigenvalue weighted by atomic mass is 9.92. The van der Waals surface area contributed by atoms with Gasteiger partial charge >= 0.3 is 0 Å². The van der Waals surface area contributed by atoms with Gasteiger partial charge in [-0.1, -0.05) is 37.5 Å². The van der Waals surface area contributed by atoms with Gasteiger partial charge in [-0.3, -0.25) is 0 Å². The van der Waals surface area contributed by atoms with Gasteiger partial charge in [0.25, 0.3) is 0 Å². The van der Waals surface area contributed by atoms with Crippen molar-refractivity contribution in [3.63, 3.8) is 0 Å². The summed E-state index contributed by atoms with van der Waals surface area (Å²) in [6.45, 7) is 3.35. The summed E-state index contributed by atoms with van der Waals surface area (Å²) in [4.78, 5) is 7.25. The predicted octanol–water partition coefficient (Wildman–Crippen LogP) is 4.71. The Morgan fingerprint density at radius 3 is 2.66 bits per heavy atom. The first-order valence-corrected chi connectivity index (χ1v) is 11.8. The van der Waals surface area contributed by atoms with Crippen molar-refractivity contribution in [2.75, 3.05) is 25.1 Å². The van der Waals surface area contributed by atoms with E-state index < -0.39 is 0 Å².